The van der Waals surface area contributed by atoms with Gasteiger partial charge in [0.25, 0.3) is 0 Å². The van der Waals surface area contributed by atoms with E-state index in [0.717, 1.165) is 12.8 Å². The normalized spacial score (nSPS) is 11.6. The molecule has 0 fully saturated rings. The fourth-order valence-corrected chi connectivity index (χ4v) is 1.62. The van der Waals surface area contributed by atoms with Gasteiger partial charge in [0.2, 0.25) is 0 Å². The second kappa shape index (κ2) is 10.7. The van der Waals surface area contributed by atoms with Crippen LogP contribution in [0.3, 0.4) is 0 Å². The summed E-state index contributed by atoms with van der Waals surface area (Å²) >= 11 is 0. The van der Waals surface area contributed by atoms with Crippen molar-refractivity contribution in [1.29, 1.82) is 0 Å². The summed E-state index contributed by atoms with van der Waals surface area (Å²) in [4.78, 5) is 14.1. The van der Waals surface area contributed by atoms with Gasteiger partial charge in [-0.05, 0) is 19.3 Å². The van der Waals surface area contributed by atoms with Crippen LogP contribution in [0.15, 0.2) is 11.6 Å². The number of hydrogen-bond acceptors (Lipinski definition) is 2. The highest BCUT2D eigenvalue weighted by molar-refractivity contribution is 5.87. The van der Waals surface area contributed by atoms with Crippen molar-refractivity contribution in [3.8, 4) is 0 Å². The summed E-state index contributed by atoms with van der Waals surface area (Å²) in [6.45, 7) is 4.02. The van der Waals surface area contributed by atoms with Gasteiger partial charge in [-0.3, -0.25) is 0 Å². The van der Waals surface area contributed by atoms with Crippen molar-refractivity contribution in [3.05, 3.63) is 11.6 Å². The fraction of sp³-hybridized carbons (Fsp3) is 0.769. The molecule has 3 heteroatoms. The molecule has 0 aliphatic heterocycles. The van der Waals surface area contributed by atoms with Gasteiger partial charge in [0.1, 0.15) is 0 Å². The minimum atomic E-state index is -0.839. The quantitative estimate of drug-likeness (QED) is 0.430. The molecule has 0 heterocycles. The van der Waals surface area contributed by atoms with Crippen LogP contribution in [0, 0.1) is 0 Å². The summed E-state index contributed by atoms with van der Waals surface area (Å²) < 4.78 is 11.6. The van der Waals surface area contributed by atoms with E-state index in [-0.39, 0.29) is 0 Å². The Kier molecular flexibility index (Phi) is 10.1. The minimum absolute atomic E-state index is 0.441. The van der Waals surface area contributed by atoms with Gasteiger partial charge in [0, 0.05) is 10.1 Å². The van der Waals surface area contributed by atoms with Gasteiger partial charge in [0.15, 0.2) is 0 Å². The first-order valence-corrected chi connectivity index (χ1v) is 6.28. The molecular formula is C13H23FO2. The van der Waals surface area contributed by atoms with Crippen LogP contribution in [0.25, 0.3) is 0 Å². The predicted octanol–water partition coefficient (Wildman–Crippen LogP) is 4.50. The Balaban J connectivity index is 3.60. The van der Waals surface area contributed by atoms with Crippen LogP contribution in [0.2, 0.25) is 0 Å². The van der Waals surface area contributed by atoms with Crippen LogP contribution in [0.4, 0.5) is 4.53 Å². The summed E-state index contributed by atoms with van der Waals surface area (Å²) in [5, 5.41) is 0. The van der Waals surface area contributed by atoms with Gasteiger partial charge in [-0.2, -0.15) is 0 Å². The number of carbonyl (C=O) groups is 1. The van der Waals surface area contributed by atoms with Crippen LogP contribution >= 0.6 is 0 Å². The summed E-state index contributed by atoms with van der Waals surface area (Å²) in [7, 11) is 0. The second-order valence-corrected chi connectivity index (χ2v) is 4.00. The smallest absolute Gasteiger partial charge is 0.250 e. The van der Waals surface area contributed by atoms with Crippen LogP contribution < -0.4 is 0 Å². The van der Waals surface area contributed by atoms with Gasteiger partial charge in [-0.15, -0.1) is 0 Å². The fourth-order valence-electron chi connectivity index (χ4n) is 1.62. The highest BCUT2D eigenvalue weighted by Crippen LogP contribution is 2.10. The van der Waals surface area contributed by atoms with E-state index < -0.39 is 5.97 Å². The molecule has 0 saturated carbocycles. The Morgan fingerprint density at radius 1 is 1.12 bits per heavy atom. The largest absolute Gasteiger partial charge is 0.375 e. The highest BCUT2D eigenvalue weighted by atomic mass is 19.3. The van der Waals surface area contributed by atoms with Gasteiger partial charge in [-0.1, -0.05) is 52.0 Å². The molecule has 0 aromatic carbocycles. The van der Waals surface area contributed by atoms with Gasteiger partial charge in [-0.25, -0.2) is 9.74 Å². The molecule has 0 amide bonds. The lowest BCUT2D eigenvalue weighted by molar-refractivity contribution is -0.178. The number of unbranched alkanes of at least 4 members (excludes halogenated alkanes) is 6. The predicted molar refractivity (Wildman–Crippen MR) is 63.6 cm³/mol. The third kappa shape index (κ3) is 7.43. The van der Waals surface area contributed by atoms with Gasteiger partial charge >= 0.3 is 5.97 Å². The first kappa shape index (κ1) is 15.1. The van der Waals surface area contributed by atoms with E-state index in [9.17, 15) is 9.32 Å². The van der Waals surface area contributed by atoms with Crippen molar-refractivity contribution in [3.63, 3.8) is 0 Å². The van der Waals surface area contributed by atoms with E-state index in [4.69, 9.17) is 0 Å². The number of rotatable bonds is 9. The Hall–Kier alpha value is -0.860. The van der Waals surface area contributed by atoms with Gasteiger partial charge in [0.05, 0.1) is 0 Å². The molecule has 0 unspecified atom stereocenters. The maximum Gasteiger partial charge on any atom is 0.375 e. The third-order valence-electron chi connectivity index (χ3n) is 2.66. The zero-order valence-electron chi connectivity index (χ0n) is 10.4. The Morgan fingerprint density at radius 3 is 2.31 bits per heavy atom. The molecule has 0 bridgehead atoms. The Labute approximate surface area is 97.8 Å². The van der Waals surface area contributed by atoms with E-state index >= 15 is 0 Å². The SMILES string of the molecule is CCCCCCCCC=C(CC)C(=O)OF. The highest BCUT2D eigenvalue weighted by Gasteiger charge is 2.08. The second-order valence-electron chi connectivity index (χ2n) is 4.00. The minimum Gasteiger partial charge on any atom is -0.250 e. The Morgan fingerprint density at radius 2 is 1.75 bits per heavy atom. The van der Waals surface area contributed by atoms with Crippen molar-refractivity contribution < 1.29 is 14.3 Å². The van der Waals surface area contributed by atoms with Crippen LogP contribution in [-0.4, -0.2) is 5.97 Å². The van der Waals surface area contributed by atoms with E-state index in [0.29, 0.717) is 12.0 Å². The summed E-state index contributed by atoms with van der Waals surface area (Å²) in [5.41, 5.74) is 0.441. The third-order valence-corrected chi connectivity index (χ3v) is 2.66. The lowest BCUT2D eigenvalue weighted by Gasteiger charge is -2.00. The van der Waals surface area contributed by atoms with E-state index in [1.165, 1.54) is 32.1 Å². The molecule has 2 nitrogen and oxygen atoms in total. The molecule has 0 aromatic rings. The zero-order chi connectivity index (χ0) is 12.2. The first-order valence-electron chi connectivity index (χ1n) is 6.28. The van der Waals surface area contributed by atoms with Gasteiger partial charge < -0.3 is 0 Å². The average Bonchev–Trinajstić information content (AvgIpc) is 2.32. The molecule has 0 spiro atoms. The molecule has 0 aliphatic carbocycles. The molecular weight excluding hydrogens is 207 g/mol. The molecule has 0 saturated heterocycles. The standard InChI is InChI=1S/C13H23FO2/c1-3-5-6-7-8-9-10-11-12(4-2)13(15)16-14/h11H,3-10H2,1-2H3. The maximum atomic E-state index is 11.6. The van der Waals surface area contributed by atoms with E-state index in [2.05, 4.69) is 11.9 Å². The topological polar surface area (TPSA) is 26.3 Å². The number of halogens is 1. The van der Waals surface area contributed by atoms with Crippen LogP contribution in [-0.2, 0) is 9.74 Å². The monoisotopic (exact) mass is 230 g/mol. The van der Waals surface area contributed by atoms with E-state index in [1.54, 1.807) is 6.08 Å². The zero-order valence-corrected chi connectivity index (χ0v) is 10.4. The number of hydrogen-bond donors (Lipinski definition) is 0. The average molecular weight is 230 g/mol. The molecule has 0 aromatic heterocycles. The molecule has 0 N–H and O–H groups in total. The number of carbonyl (C=O) groups excluding carboxylic acids is 1. The van der Waals surface area contributed by atoms with Crippen molar-refractivity contribution in [2.45, 2.75) is 65.2 Å². The van der Waals surface area contributed by atoms with Crippen LogP contribution in [0.5, 0.6) is 0 Å². The van der Waals surface area contributed by atoms with Crippen LogP contribution in [0.1, 0.15) is 65.2 Å². The molecule has 94 valence electrons. The maximum absolute atomic E-state index is 11.6. The van der Waals surface area contributed by atoms with Crippen molar-refractivity contribution in [1.82, 2.24) is 0 Å². The summed E-state index contributed by atoms with van der Waals surface area (Å²) in [6, 6.07) is 0. The van der Waals surface area contributed by atoms with Crippen molar-refractivity contribution in [2.24, 2.45) is 0 Å². The number of allylic oxidation sites excluding steroid dienone is 1. The molecule has 16 heavy (non-hydrogen) atoms. The lowest BCUT2D eigenvalue weighted by Crippen LogP contribution is -2.01. The van der Waals surface area contributed by atoms with E-state index in [1.807, 2.05) is 6.92 Å². The summed E-state index contributed by atoms with van der Waals surface area (Å²) in [5.74, 6) is -0.839. The molecule has 0 radical (unpaired) electrons. The lowest BCUT2D eigenvalue weighted by atomic mass is 10.1. The molecule has 0 aliphatic rings. The molecule has 0 atom stereocenters. The van der Waals surface area contributed by atoms with Crippen molar-refractivity contribution >= 4 is 5.97 Å². The molecule has 0 rings (SSSR count). The summed E-state index contributed by atoms with van der Waals surface area (Å²) in [6.07, 6.45) is 10.5. The first-order chi connectivity index (χ1) is 7.76. The van der Waals surface area contributed by atoms with Crippen molar-refractivity contribution in [2.75, 3.05) is 0 Å². The Bertz CT molecular complexity index is 212.